The Morgan fingerprint density at radius 3 is 2.50 bits per heavy atom. The Labute approximate surface area is 107 Å². The van der Waals surface area contributed by atoms with Crippen LogP contribution in [0.2, 0.25) is 0 Å². The van der Waals surface area contributed by atoms with Gasteiger partial charge in [0.05, 0.1) is 0 Å². The minimum atomic E-state index is -0.377. The normalized spacial score (nSPS) is 10.4. The van der Waals surface area contributed by atoms with Crippen molar-refractivity contribution in [1.29, 1.82) is 5.26 Å². The van der Waals surface area contributed by atoms with E-state index in [9.17, 15) is 9.59 Å². The van der Waals surface area contributed by atoms with Crippen LogP contribution in [0.3, 0.4) is 0 Å². The van der Waals surface area contributed by atoms with Crippen molar-refractivity contribution in [3.63, 3.8) is 0 Å². The van der Waals surface area contributed by atoms with E-state index in [1.54, 1.807) is 0 Å². The van der Waals surface area contributed by atoms with Crippen molar-refractivity contribution in [2.24, 2.45) is 0 Å². The molecule has 0 aliphatic heterocycles. The monoisotopic (exact) mass is 252 g/mol. The number of carbonyl (C=O) groups is 2. The van der Waals surface area contributed by atoms with Crippen molar-refractivity contribution in [3.05, 3.63) is 11.8 Å². The predicted molar refractivity (Wildman–Crippen MR) is 68.3 cm³/mol. The van der Waals surface area contributed by atoms with Crippen LogP contribution in [0.1, 0.15) is 26.7 Å². The van der Waals surface area contributed by atoms with Crippen LogP contribution >= 0.6 is 0 Å². The zero-order valence-corrected chi connectivity index (χ0v) is 10.9. The molecule has 0 radical (unpaired) electrons. The number of unbranched alkanes of at least 4 members (excludes halogenated alkanes) is 1. The Morgan fingerprint density at radius 1 is 1.22 bits per heavy atom. The average Bonchev–Trinajstić information content (AvgIpc) is 2.33. The van der Waals surface area contributed by atoms with E-state index in [2.05, 4.69) is 16.0 Å². The third kappa shape index (κ3) is 8.16. The highest BCUT2D eigenvalue weighted by Gasteiger charge is 2.06. The first-order valence-corrected chi connectivity index (χ1v) is 5.98. The van der Waals surface area contributed by atoms with Gasteiger partial charge in [-0.1, -0.05) is 13.3 Å². The summed E-state index contributed by atoms with van der Waals surface area (Å²) in [6.07, 6.45) is 3.24. The van der Waals surface area contributed by atoms with E-state index in [-0.39, 0.29) is 17.4 Å². The summed E-state index contributed by atoms with van der Waals surface area (Å²) in [5, 5.41) is 16.9. The van der Waals surface area contributed by atoms with Gasteiger partial charge in [-0.25, -0.2) is 0 Å². The molecule has 0 bridgehead atoms. The number of nitriles is 1. The topological polar surface area (TPSA) is 94.0 Å². The van der Waals surface area contributed by atoms with Gasteiger partial charge in [0.1, 0.15) is 11.6 Å². The molecule has 6 nitrogen and oxygen atoms in total. The minimum absolute atomic E-state index is 0.0360. The Morgan fingerprint density at radius 2 is 1.94 bits per heavy atom. The summed E-state index contributed by atoms with van der Waals surface area (Å²) in [4.78, 5) is 22.1. The summed E-state index contributed by atoms with van der Waals surface area (Å²) in [6, 6.07) is 1.83. The molecule has 0 rings (SSSR count). The second kappa shape index (κ2) is 10.1. The van der Waals surface area contributed by atoms with Gasteiger partial charge in [-0.2, -0.15) is 5.26 Å². The summed E-state index contributed by atoms with van der Waals surface area (Å²) in [5.41, 5.74) is 0.0360. The summed E-state index contributed by atoms with van der Waals surface area (Å²) in [7, 11) is 0. The predicted octanol–water partition coefficient (Wildman–Crippen LogP) is 0.0359. The van der Waals surface area contributed by atoms with Crippen LogP contribution in [-0.2, 0) is 9.59 Å². The van der Waals surface area contributed by atoms with E-state index >= 15 is 0 Å². The number of hydrogen-bond donors (Lipinski definition) is 3. The van der Waals surface area contributed by atoms with Crippen LogP contribution in [-0.4, -0.2) is 31.4 Å². The molecule has 3 N–H and O–H groups in total. The lowest BCUT2D eigenvalue weighted by atomic mass is 10.3. The van der Waals surface area contributed by atoms with E-state index in [4.69, 9.17) is 5.26 Å². The fourth-order valence-electron chi connectivity index (χ4n) is 1.11. The van der Waals surface area contributed by atoms with E-state index in [0.29, 0.717) is 19.6 Å². The highest BCUT2D eigenvalue weighted by molar-refractivity contribution is 5.97. The number of nitrogens with zero attached hydrogens (tertiary/aromatic N) is 1. The molecule has 0 aromatic rings. The SMILES string of the molecule is CCCCNC(=O)/C(C#N)=C\NCCNC(C)=O. The standard InChI is InChI=1S/C12H20N4O2/c1-3-4-5-16-12(18)11(8-13)9-14-6-7-15-10(2)17/h9,14H,3-7H2,1-2H3,(H,15,17)(H,16,18)/b11-9-. The molecule has 6 heteroatoms. The number of hydrogen-bond acceptors (Lipinski definition) is 4. The lowest BCUT2D eigenvalue weighted by Crippen LogP contribution is -2.30. The third-order valence-electron chi connectivity index (χ3n) is 2.07. The van der Waals surface area contributed by atoms with E-state index in [1.807, 2.05) is 13.0 Å². The van der Waals surface area contributed by atoms with Crippen molar-refractivity contribution < 1.29 is 9.59 Å². The van der Waals surface area contributed by atoms with Crippen molar-refractivity contribution in [2.75, 3.05) is 19.6 Å². The van der Waals surface area contributed by atoms with Gasteiger partial charge in [0.25, 0.3) is 5.91 Å². The molecule has 0 fully saturated rings. The summed E-state index contributed by atoms with van der Waals surface area (Å²) >= 11 is 0. The van der Waals surface area contributed by atoms with Gasteiger partial charge >= 0.3 is 0 Å². The number of rotatable bonds is 8. The van der Waals surface area contributed by atoms with Crippen molar-refractivity contribution >= 4 is 11.8 Å². The number of nitrogens with one attached hydrogen (secondary N) is 3. The molecular formula is C12H20N4O2. The van der Waals surface area contributed by atoms with Gasteiger partial charge in [0.2, 0.25) is 5.91 Å². The molecule has 0 aromatic carbocycles. The Bertz CT molecular complexity index is 344. The maximum absolute atomic E-state index is 11.5. The van der Waals surface area contributed by atoms with Crippen LogP contribution in [0.25, 0.3) is 0 Å². The molecular weight excluding hydrogens is 232 g/mol. The number of carbonyl (C=O) groups excluding carboxylic acids is 2. The van der Waals surface area contributed by atoms with Crippen molar-refractivity contribution in [1.82, 2.24) is 16.0 Å². The van der Waals surface area contributed by atoms with Gasteiger partial charge in [-0.05, 0) is 6.42 Å². The second-order valence-corrected chi connectivity index (χ2v) is 3.72. The van der Waals surface area contributed by atoms with Gasteiger partial charge in [-0.3, -0.25) is 9.59 Å². The van der Waals surface area contributed by atoms with E-state index in [1.165, 1.54) is 13.1 Å². The van der Waals surface area contributed by atoms with Gasteiger partial charge in [0.15, 0.2) is 0 Å². The molecule has 0 saturated heterocycles. The highest BCUT2D eigenvalue weighted by atomic mass is 16.2. The maximum Gasteiger partial charge on any atom is 0.263 e. The first kappa shape index (κ1) is 16.0. The molecule has 0 spiro atoms. The van der Waals surface area contributed by atoms with Gasteiger partial charge in [0, 0.05) is 32.8 Å². The smallest absolute Gasteiger partial charge is 0.263 e. The molecule has 0 aliphatic rings. The quantitative estimate of drug-likeness (QED) is 0.323. The zero-order chi connectivity index (χ0) is 13.8. The molecule has 0 aliphatic carbocycles. The lowest BCUT2D eigenvalue weighted by Gasteiger charge is -2.04. The fourth-order valence-corrected chi connectivity index (χ4v) is 1.11. The largest absolute Gasteiger partial charge is 0.388 e. The second-order valence-electron chi connectivity index (χ2n) is 3.72. The van der Waals surface area contributed by atoms with E-state index < -0.39 is 0 Å². The molecule has 18 heavy (non-hydrogen) atoms. The highest BCUT2D eigenvalue weighted by Crippen LogP contribution is 1.91. The maximum atomic E-state index is 11.5. The first-order chi connectivity index (χ1) is 8.61. The molecule has 0 saturated carbocycles. The molecule has 2 amide bonds. The van der Waals surface area contributed by atoms with E-state index in [0.717, 1.165) is 12.8 Å². The van der Waals surface area contributed by atoms with Crippen LogP contribution in [0, 0.1) is 11.3 Å². The van der Waals surface area contributed by atoms with Crippen molar-refractivity contribution in [2.45, 2.75) is 26.7 Å². The van der Waals surface area contributed by atoms with Crippen LogP contribution in [0.4, 0.5) is 0 Å². The average molecular weight is 252 g/mol. The molecule has 0 aromatic heterocycles. The molecule has 0 heterocycles. The van der Waals surface area contributed by atoms with Gasteiger partial charge < -0.3 is 16.0 Å². The lowest BCUT2D eigenvalue weighted by molar-refractivity contribution is -0.119. The molecule has 0 unspecified atom stereocenters. The third-order valence-corrected chi connectivity index (χ3v) is 2.07. The Hall–Kier alpha value is -2.03. The fraction of sp³-hybridized carbons (Fsp3) is 0.583. The summed E-state index contributed by atoms with van der Waals surface area (Å²) in [6.45, 7) is 4.93. The van der Waals surface area contributed by atoms with Gasteiger partial charge in [-0.15, -0.1) is 0 Å². The minimum Gasteiger partial charge on any atom is -0.388 e. The zero-order valence-electron chi connectivity index (χ0n) is 10.9. The Kier molecular flexibility index (Phi) is 9.00. The number of amides is 2. The summed E-state index contributed by atoms with van der Waals surface area (Å²) < 4.78 is 0. The summed E-state index contributed by atoms with van der Waals surface area (Å²) in [5.74, 6) is -0.489. The van der Waals surface area contributed by atoms with Crippen LogP contribution in [0.5, 0.6) is 0 Å². The molecule has 0 atom stereocenters. The first-order valence-electron chi connectivity index (χ1n) is 5.98. The Balaban J connectivity index is 3.96. The van der Waals surface area contributed by atoms with Crippen molar-refractivity contribution in [3.8, 4) is 6.07 Å². The molecule has 100 valence electrons. The van der Waals surface area contributed by atoms with Crippen LogP contribution in [0.15, 0.2) is 11.8 Å². The van der Waals surface area contributed by atoms with Crippen LogP contribution < -0.4 is 16.0 Å².